The molecule has 27 heavy (non-hydrogen) atoms. The van der Waals surface area contributed by atoms with E-state index in [1.54, 1.807) is 11.7 Å². The SMILES string of the molecule is COCCn1c(SCC(=O)N2CCCC[C@@H]2C)nc2sc(C)c(C)c2c1=O. The van der Waals surface area contributed by atoms with Gasteiger partial charge in [0.25, 0.3) is 5.56 Å². The van der Waals surface area contributed by atoms with Crippen molar-refractivity contribution < 1.29 is 9.53 Å². The summed E-state index contributed by atoms with van der Waals surface area (Å²) in [5.74, 6) is 0.428. The van der Waals surface area contributed by atoms with Crippen molar-refractivity contribution in [2.45, 2.75) is 57.8 Å². The molecular weight excluding hydrogens is 382 g/mol. The van der Waals surface area contributed by atoms with E-state index in [1.807, 2.05) is 18.7 Å². The van der Waals surface area contributed by atoms with Crippen molar-refractivity contribution >= 4 is 39.2 Å². The summed E-state index contributed by atoms with van der Waals surface area (Å²) < 4.78 is 6.82. The molecule has 2 aromatic rings. The number of likely N-dealkylation sites (tertiary alicyclic amines) is 1. The molecule has 1 saturated heterocycles. The van der Waals surface area contributed by atoms with Crippen LogP contribution < -0.4 is 5.56 Å². The third kappa shape index (κ3) is 4.22. The van der Waals surface area contributed by atoms with Crippen molar-refractivity contribution in [3.63, 3.8) is 0 Å². The number of thiophene rings is 1. The van der Waals surface area contributed by atoms with Gasteiger partial charge in [-0.2, -0.15) is 0 Å². The molecule has 0 aliphatic carbocycles. The summed E-state index contributed by atoms with van der Waals surface area (Å²) in [6.45, 7) is 7.77. The molecule has 0 aromatic carbocycles. The number of hydrogen-bond acceptors (Lipinski definition) is 6. The Balaban J connectivity index is 1.88. The molecule has 0 spiro atoms. The number of aryl methyl sites for hydroxylation is 2. The van der Waals surface area contributed by atoms with Crippen LogP contribution in [0.25, 0.3) is 10.2 Å². The summed E-state index contributed by atoms with van der Waals surface area (Å²) >= 11 is 2.90. The Morgan fingerprint density at radius 3 is 2.85 bits per heavy atom. The summed E-state index contributed by atoms with van der Waals surface area (Å²) in [6, 6.07) is 0.292. The van der Waals surface area contributed by atoms with Crippen molar-refractivity contribution in [3.8, 4) is 0 Å². The minimum absolute atomic E-state index is 0.0415. The summed E-state index contributed by atoms with van der Waals surface area (Å²) in [5, 5.41) is 1.29. The number of rotatable bonds is 6. The van der Waals surface area contributed by atoms with Crippen LogP contribution in [0.2, 0.25) is 0 Å². The summed E-state index contributed by atoms with van der Waals surface area (Å²) in [7, 11) is 1.62. The Labute approximate surface area is 167 Å². The van der Waals surface area contributed by atoms with Crippen LogP contribution in [0.3, 0.4) is 0 Å². The number of carbonyl (C=O) groups excluding carboxylic acids is 1. The molecule has 1 amide bonds. The first-order valence-electron chi connectivity index (χ1n) is 9.35. The average molecular weight is 410 g/mol. The summed E-state index contributed by atoms with van der Waals surface area (Å²) in [4.78, 5) is 34.3. The maximum Gasteiger partial charge on any atom is 0.263 e. The summed E-state index contributed by atoms with van der Waals surface area (Å²) in [5.41, 5.74) is 0.952. The minimum Gasteiger partial charge on any atom is -0.383 e. The quantitative estimate of drug-likeness (QED) is 0.541. The monoisotopic (exact) mass is 409 g/mol. The van der Waals surface area contributed by atoms with Gasteiger partial charge in [-0.1, -0.05) is 11.8 Å². The van der Waals surface area contributed by atoms with Crippen molar-refractivity contribution in [3.05, 3.63) is 20.8 Å². The number of methoxy groups -OCH3 is 1. The second-order valence-corrected chi connectivity index (χ2v) is 9.17. The Morgan fingerprint density at radius 1 is 1.37 bits per heavy atom. The van der Waals surface area contributed by atoms with Crippen LogP contribution in [0.15, 0.2) is 9.95 Å². The van der Waals surface area contributed by atoms with Crippen LogP contribution in [0.1, 0.15) is 36.6 Å². The smallest absolute Gasteiger partial charge is 0.263 e. The van der Waals surface area contributed by atoms with E-state index < -0.39 is 0 Å². The highest BCUT2D eigenvalue weighted by Crippen LogP contribution is 2.28. The molecule has 2 aromatic heterocycles. The van der Waals surface area contributed by atoms with Gasteiger partial charge in [-0.05, 0) is 45.6 Å². The molecular formula is C19H27N3O3S2. The molecule has 3 rings (SSSR count). The number of fused-ring (bicyclic) bond motifs is 1. The molecule has 0 unspecified atom stereocenters. The van der Waals surface area contributed by atoms with E-state index in [0.29, 0.717) is 35.5 Å². The zero-order valence-corrected chi connectivity index (χ0v) is 18.0. The topological polar surface area (TPSA) is 64.4 Å². The van der Waals surface area contributed by atoms with Gasteiger partial charge in [0, 0.05) is 24.6 Å². The van der Waals surface area contributed by atoms with E-state index in [1.165, 1.54) is 29.5 Å². The number of aromatic nitrogens is 2. The van der Waals surface area contributed by atoms with E-state index in [9.17, 15) is 9.59 Å². The van der Waals surface area contributed by atoms with Gasteiger partial charge >= 0.3 is 0 Å². The van der Waals surface area contributed by atoms with Gasteiger partial charge in [-0.3, -0.25) is 14.2 Å². The van der Waals surface area contributed by atoms with Crippen LogP contribution in [-0.4, -0.2) is 52.4 Å². The molecule has 0 N–H and O–H groups in total. The van der Waals surface area contributed by atoms with Crippen LogP contribution in [0.4, 0.5) is 0 Å². The van der Waals surface area contributed by atoms with Gasteiger partial charge in [0.05, 0.1) is 24.3 Å². The van der Waals surface area contributed by atoms with Crippen LogP contribution >= 0.6 is 23.1 Å². The van der Waals surface area contributed by atoms with Crippen molar-refractivity contribution in [1.82, 2.24) is 14.5 Å². The molecule has 1 atom stereocenters. The van der Waals surface area contributed by atoms with E-state index >= 15 is 0 Å². The van der Waals surface area contributed by atoms with Gasteiger partial charge in [0.15, 0.2) is 5.16 Å². The molecule has 148 valence electrons. The predicted molar refractivity (Wildman–Crippen MR) is 111 cm³/mol. The lowest BCUT2D eigenvalue weighted by Crippen LogP contribution is -2.43. The Kier molecular flexibility index (Phi) is 6.60. The predicted octanol–water partition coefficient (Wildman–Crippen LogP) is 3.21. The minimum atomic E-state index is -0.0415. The molecule has 6 nitrogen and oxygen atoms in total. The third-order valence-corrected chi connectivity index (χ3v) is 7.28. The van der Waals surface area contributed by atoms with Gasteiger partial charge in [-0.15, -0.1) is 11.3 Å². The van der Waals surface area contributed by atoms with Gasteiger partial charge in [0.2, 0.25) is 5.91 Å². The second kappa shape index (κ2) is 8.75. The standard InChI is InChI=1S/C19H27N3O3S2/c1-12-7-5-6-8-21(12)15(23)11-26-19-20-17-16(13(2)14(3)27-17)18(24)22(19)9-10-25-4/h12H,5-11H2,1-4H3/t12-/m0/s1. The maximum atomic E-state index is 13.1. The summed E-state index contributed by atoms with van der Waals surface area (Å²) in [6.07, 6.45) is 3.31. The first-order chi connectivity index (χ1) is 12.9. The number of ether oxygens (including phenoxy) is 1. The lowest BCUT2D eigenvalue weighted by atomic mass is 10.0. The zero-order valence-electron chi connectivity index (χ0n) is 16.4. The van der Waals surface area contributed by atoms with Crippen molar-refractivity contribution in [1.29, 1.82) is 0 Å². The van der Waals surface area contributed by atoms with Crippen LogP contribution in [-0.2, 0) is 16.1 Å². The Hall–Kier alpha value is -1.38. The Morgan fingerprint density at radius 2 is 2.15 bits per heavy atom. The van der Waals surface area contributed by atoms with Crippen molar-refractivity contribution in [2.75, 3.05) is 26.0 Å². The molecule has 1 aliphatic heterocycles. The third-order valence-electron chi connectivity index (χ3n) is 5.22. The lowest BCUT2D eigenvalue weighted by molar-refractivity contribution is -0.131. The molecule has 1 fully saturated rings. The highest BCUT2D eigenvalue weighted by atomic mass is 32.2. The highest BCUT2D eigenvalue weighted by molar-refractivity contribution is 7.99. The molecule has 0 radical (unpaired) electrons. The largest absolute Gasteiger partial charge is 0.383 e. The lowest BCUT2D eigenvalue weighted by Gasteiger charge is -2.33. The number of hydrogen-bond donors (Lipinski definition) is 0. The number of amides is 1. The fraction of sp³-hybridized carbons (Fsp3) is 0.632. The van der Waals surface area contributed by atoms with Crippen molar-refractivity contribution in [2.24, 2.45) is 0 Å². The van der Waals surface area contributed by atoms with E-state index in [-0.39, 0.29) is 11.5 Å². The van der Waals surface area contributed by atoms with Gasteiger partial charge in [0.1, 0.15) is 4.83 Å². The molecule has 3 heterocycles. The maximum absolute atomic E-state index is 13.1. The number of thioether (sulfide) groups is 1. The zero-order chi connectivity index (χ0) is 19.6. The molecule has 8 heteroatoms. The number of nitrogens with zero attached hydrogens (tertiary/aromatic N) is 3. The Bertz CT molecular complexity index is 890. The van der Waals surface area contributed by atoms with E-state index in [2.05, 4.69) is 6.92 Å². The van der Waals surface area contributed by atoms with E-state index in [4.69, 9.17) is 9.72 Å². The van der Waals surface area contributed by atoms with Crippen LogP contribution in [0, 0.1) is 13.8 Å². The first-order valence-corrected chi connectivity index (χ1v) is 11.2. The highest BCUT2D eigenvalue weighted by Gasteiger charge is 2.24. The molecule has 1 aliphatic rings. The number of piperidine rings is 1. The van der Waals surface area contributed by atoms with Gasteiger partial charge < -0.3 is 9.64 Å². The fourth-order valence-corrected chi connectivity index (χ4v) is 5.46. The second-order valence-electron chi connectivity index (χ2n) is 7.03. The molecule has 0 saturated carbocycles. The fourth-order valence-electron chi connectivity index (χ4n) is 3.48. The first kappa shape index (κ1) is 20.4. The molecule has 0 bridgehead atoms. The van der Waals surface area contributed by atoms with E-state index in [0.717, 1.165) is 34.7 Å². The average Bonchev–Trinajstić information content (AvgIpc) is 2.93. The van der Waals surface area contributed by atoms with Crippen LogP contribution in [0.5, 0.6) is 0 Å². The number of carbonyl (C=O) groups is 1. The van der Waals surface area contributed by atoms with Gasteiger partial charge in [-0.25, -0.2) is 4.98 Å². The normalized spacial score (nSPS) is 17.6.